The van der Waals surface area contributed by atoms with Gasteiger partial charge in [0, 0.05) is 24.6 Å². The molecule has 1 atom stereocenters. The molecule has 3 heteroatoms. The van der Waals surface area contributed by atoms with E-state index in [4.69, 9.17) is 6.42 Å². The van der Waals surface area contributed by atoms with Gasteiger partial charge in [-0.3, -0.25) is 14.5 Å². The van der Waals surface area contributed by atoms with Crippen molar-refractivity contribution < 1.29 is 9.59 Å². The highest BCUT2D eigenvalue weighted by molar-refractivity contribution is 6.13. The van der Waals surface area contributed by atoms with Crippen molar-refractivity contribution in [3.8, 4) is 12.3 Å². The highest BCUT2D eigenvalue weighted by atomic mass is 16.2. The highest BCUT2D eigenvalue weighted by Gasteiger charge is 2.27. The van der Waals surface area contributed by atoms with Gasteiger partial charge in [-0.25, -0.2) is 0 Å². The van der Waals surface area contributed by atoms with Crippen molar-refractivity contribution >= 4 is 11.8 Å². The third kappa shape index (κ3) is 1.37. The molecule has 1 aliphatic rings. The minimum absolute atomic E-state index is 0.204. The van der Waals surface area contributed by atoms with E-state index in [0.717, 1.165) is 0 Å². The van der Waals surface area contributed by atoms with Crippen LogP contribution < -0.4 is 0 Å². The standard InChI is InChI=1S/C9H9NO2/c1-3-4-7(2)10-8(11)5-6-9(10)12/h1,5-7H,4H2,2H3. The van der Waals surface area contributed by atoms with Gasteiger partial charge < -0.3 is 0 Å². The van der Waals surface area contributed by atoms with Gasteiger partial charge in [-0.05, 0) is 6.92 Å². The number of hydrogen-bond donors (Lipinski definition) is 0. The monoisotopic (exact) mass is 163 g/mol. The van der Waals surface area contributed by atoms with Gasteiger partial charge in [0.15, 0.2) is 0 Å². The van der Waals surface area contributed by atoms with Gasteiger partial charge in [-0.15, -0.1) is 12.3 Å². The number of imide groups is 1. The Morgan fingerprint density at radius 3 is 2.42 bits per heavy atom. The zero-order valence-electron chi connectivity index (χ0n) is 6.78. The Bertz CT molecular complexity index is 267. The molecule has 0 saturated heterocycles. The summed E-state index contributed by atoms with van der Waals surface area (Å²) in [5.41, 5.74) is 0. The second kappa shape index (κ2) is 3.22. The van der Waals surface area contributed by atoms with E-state index in [0.29, 0.717) is 6.42 Å². The molecule has 0 aromatic heterocycles. The Labute approximate surface area is 71.0 Å². The molecule has 1 aliphatic heterocycles. The summed E-state index contributed by atoms with van der Waals surface area (Å²) >= 11 is 0. The summed E-state index contributed by atoms with van der Waals surface area (Å²) in [6, 6.07) is -0.204. The Balaban J connectivity index is 2.71. The molecular weight excluding hydrogens is 154 g/mol. The topological polar surface area (TPSA) is 37.4 Å². The molecule has 0 spiro atoms. The molecule has 0 aromatic carbocycles. The first kappa shape index (κ1) is 8.54. The van der Waals surface area contributed by atoms with Gasteiger partial charge in [-0.2, -0.15) is 0 Å². The van der Waals surface area contributed by atoms with Crippen LogP contribution in [0.4, 0.5) is 0 Å². The highest BCUT2D eigenvalue weighted by Crippen LogP contribution is 2.10. The number of rotatable bonds is 2. The molecule has 0 bridgehead atoms. The predicted octanol–water partition coefficient (Wildman–Crippen LogP) is 0.323. The molecule has 12 heavy (non-hydrogen) atoms. The summed E-state index contributed by atoms with van der Waals surface area (Å²) in [6.45, 7) is 1.75. The average molecular weight is 163 g/mol. The van der Waals surface area contributed by atoms with Crippen LogP contribution in [0.15, 0.2) is 12.2 Å². The maximum atomic E-state index is 11.1. The van der Waals surface area contributed by atoms with Crippen molar-refractivity contribution in [3.63, 3.8) is 0 Å². The fourth-order valence-corrected chi connectivity index (χ4v) is 1.11. The number of carbonyl (C=O) groups excluding carboxylic acids is 2. The lowest BCUT2D eigenvalue weighted by atomic mass is 10.2. The molecule has 0 saturated carbocycles. The van der Waals surface area contributed by atoms with Crippen LogP contribution in [-0.2, 0) is 9.59 Å². The molecule has 1 heterocycles. The van der Waals surface area contributed by atoms with Gasteiger partial charge >= 0.3 is 0 Å². The van der Waals surface area contributed by atoms with Gasteiger partial charge in [0.2, 0.25) is 0 Å². The number of nitrogens with zero attached hydrogens (tertiary/aromatic N) is 1. The first-order valence-electron chi connectivity index (χ1n) is 3.65. The van der Waals surface area contributed by atoms with Crippen LogP contribution in [0.3, 0.4) is 0 Å². The maximum Gasteiger partial charge on any atom is 0.253 e. The quantitative estimate of drug-likeness (QED) is 0.434. The first-order chi connectivity index (χ1) is 5.66. The fraction of sp³-hybridized carbons (Fsp3) is 0.333. The van der Waals surface area contributed by atoms with Crippen LogP contribution >= 0.6 is 0 Å². The van der Waals surface area contributed by atoms with E-state index in [1.807, 2.05) is 0 Å². The van der Waals surface area contributed by atoms with Gasteiger partial charge in [0.05, 0.1) is 0 Å². The molecule has 0 fully saturated rings. The normalized spacial score (nSPS) is 18.2. The number of hydrogen-bond acceptors (Lipinski definition) is 2. The van der Waals surface area contributed by atoms with E-state index in [9.17, 15) is 9.59 Å². The van der Waals surface area contributed by atoms with Crippen molar-refractivity contribution in [1.82, 2.24) is 4.90 Å². The molecule has 0 N–H and O–H groups in total. The minimum atomic E-state index is -0.275. The van der Waals surface area contributed by atoms with E-state index >= 15 is 0 Å². The Morgan fingerprint density at radius 1 is 1.50 bits per heavy atom. The largest absolute Gasteiger partial charge is 0.272 e. The van der Waals surface area contributed by atoms with E-state index in [1.165, 1.54) is 17.1 Å². The summed E-state index contributed by atoms with van der Waals surface area (Å²) in [7, 11) is 0. The van der Waals surface area contributed by atoms with E-state index in [-0.39, 0.29) is 17.9 Å². The Kier molecular flexibility index (Phi) is 2.29. The predicted molar refractivity (Wildman–Crippen MR) is 43.9 cm³/mol. The molecule has 0 radical (unpaired) electrons. The van der Waals surface area contributed by atoms with Gasteiger partial charge in [-0.1, -0.05) is 0 Å². The molecule has 2 amide bonds. The lowest BCUT2D eigenvalue weighted by Crippen LogP contribution is -2.37. The number of carbonyl (C=O) groups is 2. The molecule has 0 aromatic rings. The Morgan fingerprint density at radius 2 is 2.00 bits per heavy atom. The van der Waals surface area contributed by atoms with Crippen molar-refractivity contribution in [2.24, 2.45) is 0 Å². The summed E-state index contributed by atoms with van der Waals surface area (Å²) in [5, 5.41) is 0. The summed E-state index contributed by atoms with van der Waals surface area (Å²) in [5.74, 6) is 1.86. The zero-order chi connectivity index (χ0) is 9.14. The van der Waals surface area contributed by atoms with Crippen molar-refractivity contribution in [3.05, 3.63) is 12.2 Å². The van der Waals surface area contributed by atoms with Crippen molar-refractivity contribution in [2.75, 3.05) is 0 Å². The molecular formula is C9H9NO2. The second-order valence-corrected chi connectivity index (χ2v) is 2.64. The van der Waals surface area contributed by atoms with Crippen LogP contribution in [0.25, 0.3) is 0 Å². The van der Waals surface area contributed by atoms with Gasteiger partial charge in [0.1, 0.15) is 0 Å². The first-order valence-corrected chi connectivity index (χ1v) is 3.65. The van der Waals surface area contributed by atoms with Crippen LogP contribution in [0.1, 0.15) is 13.3 Å². The minimum Gasteiger partial charge on any atom is -0.272 e. The van der Waals surface area contributed by atoms with E-state index < -0.39 is 0 Å². The number of terminal acetylenes is 1. The maximum absolute atomic E-state index is 11.1. The molecule has 1 unspecified atom stereocenters. The molecule has 62 valence electrons. The smallest absolute Gasteiger partial charge is 0.253 e. The van der Waals surface area contributed by atoms with Crippen LogP contribution in [0.2, 0.25) is 0 Å². The summed E-state index contributed by atoms with van der Waals surface area (Å²) < 4.78 is 0. The molecule has 3 nitrogen and oxygen atoms in total. The summed E-state index contributed by atoms with van der Waals surface area (Å²) in [6.07, 6.45) is 7.99. The second-order valence-electron chi connectivity index (χ2n) is 2.64. The van der Waals surface area contributed by atoms with E-state index in [2.05, 4.69) is 5.92 Å². The fourth-order valence-electron chi connectivity index (χ4n) is 1.11. The SMILES string of the molecule is C#CCC(C)N1C(=O)C=CC1=O. The van der Waals surface area contributed by atoms with Crippen LogP contribution in [0.5, 0.6) is 0 Å². The Hall–Kier alpha value is -1.56. The van der Waals surface area contributed by atoms with Crippen molar-refractivity contribution in [2.45, 2.75) is 19.4 Å². The molecule has 0 aliphatic carbocycles. The molecule has 1 rings (SSSR count). The third-order valence-corrected chi connectivity index (χ3v) is 1.70. The van der Waals surface area contributed by atoms with Gasteiger partial charge in [0.25, 0.3) is 11.8 Å². The summed E-state index contributed by atoms with van der Waals surface area (Å²) in [4.78, 5) is 23.3. The number of amides is 2. The van der Waals surface area contributed by atoms with E-state index in [1.54, 1.807) is 6.92 Å². The lowest BCUT2D eigenvalue weighted by Gasteiger charge is -2.19. The van der Waals surface area contributed by atoms with Crippen LogP contribution in [-0.4, -0.2) is 22.8 Å². The third-order valence-electron chi connectivity index (χ3n) is 1.70. The average Bonchev–Trinajstić information content (AvgIpc) is 2.32. The van der Waals surface area contributed by atoms with Crippen LogP contribution in [0, 0.1) is 12.3 Å². The van der Waals surface area contributed by atoms with Crippen molar-refractivity contribution in [1.29, 1.82) is 0 Å². The lowest BCUT2D eigenvalue weighted by molar-refractivity contribution is -0.138. The zero-order valence-corrected chi connectivity index (χ0v) is 6.78.